The van der Waals surface area contributed by atoms with Crippen molar-refractivity contribution in [3.8, 4) is 0 Å². The van der Waals surface area contributed by atoms with E-state index >= 15 is 0 Å². The zero-order valence-electron chi connectivity index (χ0n) is 14.8. The number of ketones is 1. The summed E-state index contributed by atoms with van der Waals surface area (Å²) in [5, 5.41) is 10.6. The molecule has 2 heterocycles. The summed E-state index contributed by atoms with van der Waals surface area (Å²) < 4.78 is 0. The molecule has 0 aliphatic rings. The second-order valence-electron chi connectivity index (χ2n) is 6.59. The van der Waals surface area contributed by atoms with E-state index in [-0.39, 0.29) is 18.6 Å². The van der Waals surface area contributed by atoms with Crippen molar-refractivity contribution < 1.29 is 14.7 Å². The summed E-state index contributed by atoms with van der Waals surface area (Å²) in [7, 11) is 0. The summed E-state index contributed by atoms with van der Waals surface area (Å²) in [5.74, 6) is -0.601. The number of nitrogens with one attached hydrogen (secondary N) is 1. The average Bonchev–Trinajstić information content (AvgIpc) is 2.96. The standard InChI is InChI=1S/C20H23N3O3/c1-2-3-4-5-13-11-15-14-10-12(17(24)8-9-18(25)26)6-7-16(14)22-20(15)23-19(13)21/h6-7,10-11H,2-5,8-9H2,1H3,(H,25,26)(H3,21,22,23). The molecule has 0 aliphatic heterocycles. The molecule has 0 bridgehead atoms. The smallest absolute Gasteiger partial charge is 0.303 e. The largest absolute Gasteiger partial charge is 0.481 e. The third-order valence-electron chi connectivity index (χ3n) is 4.64. The molecule has 0 atom stereocenters. The number of H-pyrrole nitrogens is 1. The SMILES string of the molecule is CCCCCc1cc2c(nc1N)[nH]c1ccc(C(=O)CCC(=O)O)cc12. The number of carbonyl (C=O) groups is 2. The first-order valence-corrected chi connectivity index (χ1v) is 8.95. The number of carbonyl (C=O) groups excluding carboxylic acids is 1. The monoisotopic (exact) mass is 353 g/mol. The third-order valence-corrected chi connectivity index (χ3v) is 4.64. The molecule has 0 saturated carbocycles. The topological polar surface area (TPSA) is 109 Å². The van der Waals surface area contributed by atoms with Crippen molar-refractivity contribution in [2.75, 3.05) is 5.73 Å². The van der Waals surface area contributed by atoms with Crippen LogP contribution in [0.4, 0.5) is 5.82 Å². The molecular formula is C20H23N3O3. The van der Waals surface area contributed by atoms with E-state index in [1.54, 1.807) is 6.07 Å². The Balaban J connectivity index is 1.98. The summed E-state index contributed by atoms with van der Waals surface area (Å²) in [6, 6.07) is 7.41. The number of fused-ring (bicyclic) bond motifs is 3. The van der Waals surface area contributed by atoms with Gasteiger partial charge in [0.25, 0.3) is 0 Å². The maximum absolute atomic E-state index is 12.2. The third kappa shape index (κ3) is 3.69. The predicted octanol–water partition coefficient (Wildman–Crippen LogP) is 4.08. The van der Waals surface area contributed by atoms with E-state index in [2.05, 4.69) is 23.0 Å². The molecule has 0 spiro atoms. The zero-order valence-corrected chi connectivity index (χ0v) is 14.8. The number of pyridine rings is 1. The Bertz CT molecular complexity index is 975. The van der Waals surface area contributed by atoms with Gasteiger partial charge in [0.1, 0.15) is 11.5 Å². The second-order valence-corrected chi connectivity index (χ2v) is 6.59. The van der Waals surface area contributed by atoms with Crippen molar-refractivity contribution in [3.05, 3.63) is 35.4 Å². The first-order chi connectivity index (χ1) is 12.5. The lowest BCUT2D eigenvalue weighted by Gasteiger charge is -2.05. The number of rotatable bonds is 8. The normalized spacial score (nSPS) is 11.3. The molecule has 2 aromatic heterocycles. The Kier molecular flexibility index (Phi) is 5.21. The molecule has 26 heavy (non-hydrogen) atoms. The van der Waals surface area contributed by atoms with E-state index in [4.69, 9.17) is 10.8 Å². The van der Waals surface area contributed by atoms with Crippen molar-refractivity contribution in [3.63, 3.8) is 0 Å². The van der Waals surface area contributed by atoms with E-state index in [0.717, 1.165) is 47.5 Å². The summed E-state index contributed by atoms with van der Waals surface area (Å²) in [4.78, 5) is 30.6. The molecule has 0 aliphatic carbocycles. The molecule has 3 rings (SSSR count). The van der Waals surface area contributed by atoms with Crippen LogP contribution in [0.5, 0.6) is 0 Å². The summed E-state index contributed by atoms with van der Waals surface area (Å²) in [6.07, 6.45) is 4.07. The van der Waals surface area contributed by atoms with E-state index in [1.807, 2.05) is 12.1 Å². The van der Waals surface area contributed by atoms with Crippen LogP contribution in [-0.2, 0) is 11.2 Å². The maximum Gasteiger partial charge on any atom is 0.303 e. The van der Waals surface area contributed by atoms with E-state index in [9.17, 15) is 9.59 Å². The van der Waals surface area contributed by atoms with Crippen LogP contribution in [-0.4, -0.2) is 26.8 Å². The molecule has 0 unspecified atom stereocenters. The first kappa shape index (κ1) is 17.9. The van der Waals surface area contributed by atoms with Crippen LogP contribution in [0.15, 0.2) is 24.3 Å². The number of aryl methyl sites for hydroxylation is 1. The molecule has 4 N–H and O–H groups in total. The van der Waals surface area contributed by atoms with E-state index in [1.165, 1.54) is 0 Å². The predicted molar refractivity (Wildman–Crippen MR) is 102 cm³/mol. The van der Waals surface area contributed by atoms with Crippen molar-refractivity contribution in [1.29, 1.82) is 0 Å². The number of hydrogen-bond donors (Lipinski definition) is 3. The van der Waals surface area contributed by atoms with Gasteiger partial charge in [0.15, 0.2) is 5.78 Å². The molecule has 0 saturated heterocycles. The molecular weight excluding hydrogens is 330 g/mol. The van der Waals surface area contributed by atoms with Crippen molar-refractivity contribution in [2.24, 2.45) is 0 Å². The van der Waals surface area contributed by atoms with Gasteiger partial charge in [0.2, 0.25) is 0 Å². The van der Waals surface area contributed by atoms with Gasteiger partial charge in [-0.25, -0.2) is 4.98 Å². The highest BCUT2D eigenvalue weighted by atomic mass is 16.4. The number of carboxylic acid groups (broad SMARTS) is 1. The number of nitrogen functional groups attached to an aromatic ring is 1. The number of unbranched alkanes of at least 4 members (excludes halogenated alkanes) is 2. The van der Waals surface area contributed by atoms with E-state index < -0.39 is 5.97 Å². The maximum atomic E-state index is 12.2. The van der Waals surface area contributed by atoms with Crippen LogP contribution >= 0.6 is 0 Å². The van der Waals surface area contributed by atoms with Gasteiger partial charge < -0.3 is 15.8 Å². The number of carboxylic acids is 1. The number of hydrogen-bond acceptors (Lipinski definition) is 4. The Morgan fingerprint density at radius 3 is 2.69 bits per heavy atom. The zero-order chi connectivity index (χ0) is 18.7. The Morgan fingerprint density at radius 1 is 1.15 bits per heavy atom. The lowest BCUT2D eigenvalue weighted by atomic mass is 10.0. The summed E-state index contributed by atoms with van der Waals surface area (Å²) >= 11 is 0. The average molecular weight is 353 g/mol. The minimum Gasteiger partial charge on any atom is -0.481 e. The van der Waals surface area contributed by atoms with Crippen molar-refractivity contribution >= 4 is 39.5 Å². The van der Waals surface area contributed by atoms with Gasteiger partial charge in [-0.05, 0) is 42.7 Å². The van der Waals surface area contributed by atoms with Crippen LogP contribution in [0.3, 0.4) is 0 Å². The van der Waals surface area contributed by atoms with Crippen LogP contribution in [0.1, 0.15) is 54.9 Å². The number of aromatic amines is 1. The molecule has 6 heteroatoms. The highest BCUT2D eigenvalue weighted by Crippen LogP contribution is 2.29. The van der Waals surface area contributed by atoms with Gasteiger partial charge in [-0.3, -0.25) is 9.59 Å². The Labute approximate surface area is 151 Å². The van der Waals surface area contributed by atoms with Crippen LogP contribution < -0.4 is 5.73 Å². The minimum atomic E-state index is -0.970. The minimum absolute atomic E-state index is 0.00331. The van der Waals surface area contributed by atoms with Gasteiger partial charge in [0, 0.05) is 28.3 Å². The fourth-order valence-electron chi connectivity index (χ4n) is 3.18. The molecule has 6 nitrogen and oxygen atoms in total. The summed E-state index contributed by atoms with van der Waals surface area (Å²) in [5.41, 5.74) is 9.22. The van der Waals surface area contributed by atoms with Crippen molar-refractivity contribution in [2.45, 2.75) is 45.4 Å². The molecule has 3 aromatic rings. The van der Waals surface area contributed by atoms with Crippen molar-refractivity contribution in [1.82, 2.24) is 9.97 Å². The van der Waals surface area contributed by atoms with Gasteiger partial charge in [0.05, 0.1) is 6.42 Å². The fraction of sp³-hybridized carbons (Fsp3) is 0.350. The summed E-state index contributed by atoms with van der Waals surface area (Å²) in [6.45, 7) is 2.16. The lowest BCUT2D eigenvalue weighted by molar-refractivity contribution is -0.136. The second kappa shape index (κ2) is 7.56. The number of anilines is 1. The number of aliphatic carboxylic acids is 1. The number of aromatic nitrogens is 2. The Morgan fingerprint density at radius 2 is 1.96 bits per heavy atom. The molecule has 0 radical (unpaired) electrons. The number of nitrogens with two attached hydrogens (primary N) is 1. The van der Waals surface area contributed by atoms with Gasteiger partial charge in [-0.15, -0.1) is 0 Å². The van der Waals surface area contributed by atoms with Crippen LogP contribution in [0.2, 0.25) is 0 Å². The van der Waals surface area contributed by atoms with E-state index in [0.29, 0.717) is 17.0 Å². The fourth-order valence-corrected chi connectivity index (χ4v) is 3.18. The highest BCUT2D eigenvalue weighted by molar-refractivity contribution is 6.10. The molecule has 0 fully saturated rings. The molecule has 136 valence electrons. The van der Waals surface area contributed by atoms with Gasteiger partial charge >= 0.3 is 5.97 Å². The first-order valence-electron chi connectivity index (χ1n) is 8.95. The highest BCUT2D eigenvalue weighted by Gasteiger charge is 2.13. The molecule has 1 aromatic carbocycles. The lowest BCUT2D eigenvalue weighted by Crippen LogP contribution is -2.03. The van der Waals surface area contributed by atoms with Gasteiger partial charge in [-0.1, -0.05) is 19.8 Å². The van der Waals surface area contributed by atoms with Gasteiger partial charge in [-0.2, -0.15) is 0 Å². The van der Waals surface area contributed by atoms with Crippen LogP contribution in [0.25, 0.3) is 21.9 Å². The number of benzene rings is 1. The number of nitrogens with zero attached hydrogens (tertiary/aromatic N) is 1. The number of Topliss-reactive ketones (excluding diaryl/α,β-unsaturated/α-hetero) is 1. The Hall–Kier alpha value is -2.89. The quantitative estimate of drug-likeness (QED) is 0.417. The van der Waals surface area contributed by atoms with Crippen LogP contribution in [0, 0.1) is 0 Å². The molecule has 0 amide bonds.